The zero-order chi connectivity index (χ0) is 38.5. The van der Waals surface area contributed by atoms with Gasteiger partial charge in [-0.25, -0.2) is 0 Å². The Hall–Kier alpha value is -4.88. The normalized spacial score (nSPS) is 29.5. The van der Waals surface area contributed by atoms with Gasteiger partial charge < -0.3 is 4.90 Å². The van der Waals surface area contributed by atoms with Crippen molar-refractivity contribution in [3.05, 3.63) is 161 Å². The van der Waals surface area contributed by atoms with Crippen LogP contribution >= 0.6 is 0 Å². The second kappa shape index (κ2) is 11.9. The van der Waals surface area contributed by atoms with Crippen LogP contribution in [0.2, 0.25) is 0 Å². The SMILES string of the molecule is CCC1CC2CCCC(C2)C12c1ccccc1-c1ccc(N(c3ccc4c(c3)C(C)(C)c3ccccc3-4)c3ccc4c(c3)C3(CC5CCC3C5)c3ccccc3-4)cc12. The third-order valence-corrected chi connectivity index (χ3v) is 17.7. The van der Waals surface area contributed by atoms with Gasteiger partial charge in [-0.3, -0.25) is 0 Å². The molecule has 58 heavy (non-hydrogen) atoms. The molecule has 1 heteroatoms. The molecule has 2 spiro atoms. The molecule has 7 aliphatic carbocycles. The summed E-state index contributed by atoms with van der Waals surface area (Å²) in [6.45, 7) is 7.35. The van der Waals surface area contributed by atoms with E-state index in [-0.39, 0.29) is 16.2 Å². The first-order valence-electron chi connectivity index (χ1n) is 22.9. The average molecular weight is 754 g/mol. The summed E-state index contributed by atoms with van der Waals surface area (Å²) in [6.07, 6.45) is 13.6. The summed E-state index contributed by atoms with van der Waals surface area (Å²) in [4.78, 5) is 2.67. The van der Waals surface area contributed by atoms with Crippen molar-refractivity contribution in [1.82, 2.24) is 0 Å². The van der Waals surface area contributed by atoms with E-state index in [0.717, 1.165) is 17.8 Å². The second-order valence-corrected chi connectivity index (χ2v) is 20.3. The summed E-state index contributed by atoms with van der Waals surface area (Å²) in [5, 5.41) is 0. The Balaban J connectivity index is 1.04. The predicted octanol–water partition coefficient (Wildman–Crippen LogP) is 15.1. The zero-order valence-corrected chi connectivity index (χ0v) is 34.5. The van der Waals surface area contributed by atoms with Crippen molar-refractivity contribution in [2.75, 3.05) is 4.90 Å². The molecule has 1 nitrogen and oxygen atoms in total. The zero-order valence-electron chi connectivity index (χ0n) is 34.5. The fourth-order valence-corrected chi connectivity index (χ4v) is 15.5. The predicted molar refractivity (Wildman–Crippen MR) is 240 cm³/mol. The topological polar surface area (TPSA) is 3.24 Å². The van der Waals surface area contributed by atoms with E-state index in [4.69, 9.17) is 0 Å². The van der Waals surface area contributed by atoms with Gasteiger partial charge in [-0.15, -0.1) is 0 Å². The average Bonchev–Trinajstić information content (AvgIpc) is 4.06. The molecule has 0 aromatic heterocycles. The third-order valence-electron chi connectivity index (χ3n) is 17.7. The molecule has 7 atom stereocenters. The van der Waals surface area contributed by atoms with Crippen LogP contribution < -0.4 is 4.90 Å². The lowest BCUT2D eigenvalue weighted by molar-refractivity contribution is 0.0557. The maximum Gasteiger partial charge on any atom is 0.0465 e. The number of fused-ring (bicyclic) bond motifs is 19. The minimum atomic E-state index is -0.0715. The third kappa shape index (κ3) is 4.19. The van der Waals surface area contributed by atoms with Gasteiger partial charge in [0.2, 0.25) is 0 Å². The van der Waals surface area contributed by atoms with Gasteiger partial charge in [-0.2, -0.15) is 0 Å². The molecule has 288 valence electrons. The van der Waals surface area contributed by atoms with Crippen molar-refractivity contribution in [3.8, 4) is 33.4 Å². The second-order valence-electron chi connectivity index (χ2n) is 20.3. The molecule has 4 fully saturated rings. The Labute approximate surface area is 345 Å². The smallest absolute Gasteiger partial charge is 0.0465 e. The summed E-state index contributed by atoms with van der Waals surface area (Å²) in [5.74, 6) is 3.83. The van der Waals surface area contributed by atoms with E-state index in [1.807, 2.05) is 0 Å². The van der Waals surface area contributed by atoms with Gasteiger partial charge in [0, 0.05) is 33.3 Å². The number of hydrogen-bond acceptors (Lipinski definition) is 1. The molecular formula is C57H55N. The molecule has 4 bridgehead atoms. The first kappa shape index (κ1) is 34.0. The minimum Gasteiger partial charge on any atom is -0.310 e. The number of hydrogen-bond donors (Lipinski definition) is 0. The van der Waals surface area contributed by atoms with Gasteiger partial charge in [0.15, 0.2) is 0 Å². The molecule has 0 aliphatic heterocycles. The first-order chi connectivity index (χ1) is 28.4. The van der Waals surface area contributed by atoms with Crippen molar-refractivity contribution in [3.63, 3.8) is 0 Å². The van der Waals surface area contributed by atoms with Crippen LogP contribution in [0.3, 0.4) is 0 Å². The van der Waals surface area contributed by atoms with Crippen LogP contribution in [0.5, 0.6) is 0 Å². The minimum absolute atomic E-state index is 0.0715. The maximum absolute atomic E-state index is 2.70. The Bertz CT molecular complexity index is 2690. The molecule has 0 radical (unpaired) electrons. The van der Waals surface area contributed by atoms with Crippen LogP contribution in [-0.2, 0) is 16.2 Å². The van der Waals surface area contributed by atoms with E-state index in [0.29, 0.717) is 11.8 Å². The van der Waals surface area contributed by atoms with Crippen LogP contribution in [0.25, 0.3) is 33.4 Å². The largest absolute Gasteiger partial charge is 0.310 e. The van der Waals surface area contributed by atoms with Crippen LogP contribution in [0, 0.1) is 29.6 Å². The summed E-state index contributed by atoms with van der Waals surface area (Å²) in [7, 11) is 0. The highest BCUT2D eigenvalue weighted by Crippen LogP contribution is 2.67. The Kier molecular flexibility index (Phi) is 6.96. The fraction of sp³-hybridized carbons (Fsp3) is 0.368. The molecule has 7 aliphatic rings. The lowest BCUT2D eigenvalue weighted by Crippen LogP contribution is -2.48. The Morgan fingerprint density at radius 1 is 0.483 bits per heavy atom. The number of nitrogens with zero attached hydrogens (tertiary/aromatic N) is 1. The van der Waals surface area contributed by atoms with E-state index in [1.165, 1.54) is 126 Å². The highest BCUT2D eigenvalue weighted by Gasteiger charge is 2.58. The van der Waals surface area contributed by atoms with Gasteiger partial charge in [0.25, 0.3) is 0 Å². The van der Waals surface area contributed by atoms with E-state index in [9.17, 15) is 0 Å². The van der Waals surface area contributed by atoms with Crippen molar-refractivity contribution in [2.45, 2.75) is 101 Å². The molecule has 6 aromatic carbocycles. The van der Waals surface area contributed by atoms with Crippen molar-refractivity contribution < 1.29 is 0 Å². The summed E-state index contributed by atoms with van der Waals surface area (Å²) >= 11 is 0. The summed E-state index contributed by atoms with van der Waals surface area (Å²) < 4.78 is 0. The Morgan fingerprint density at radius 3 is 1.71 bits per heavy atom. The molecular weight excluding hydrogens is 699 g/mol. The summed E-state index contributed by atoms with van der Waals surface area (Å²) in [6, 6.07) is 50.9. The van der Waals surface area contributed by atoms with Crippen LogP contribution in [0.1, 0.15) is 118 Å². The number of rotatable bonds is 4. The maximum atomic E-state index is 2.70. The van der Waals surface area contributed by atoms with E-state index >= 15 is 0 Å². The van der Waals surface area contributed by atoms with Gasteiger partial charge >= 0.3 is 0 Å². The van der Waals surface area contributed by atoms with E-state index < -0.39 is 0 Å². The van der Waals surface area contributed by atoms with E-state index in [2.05, 4.69) is 153 Å². The fourth-order valence-electron chi connectivity index (χ4n) is 15.5. The molecule has 13 rings (SSSR count). The van der Waals surface area contributed by atoms with Gasteiger partial charge in [-0.05, 0) is 171 Å². The highest BCUT2D eigenvalue weighted by atomic mass is 15.1. The lowest BCUT2D eigenvalue weighted by atomic mass is 9.50. The van der Waals surface area contributed by atoms with Gasteiger partial charge in [-0.1, -0.05) is 137 Å². The van der Waals surface area contributed by atoms with Gasteiger partial charge in [0.1, 0.15) is 0 Å². The monoisotopic (exact) mass is 753 g/mol. The van der Waals surface area contributed by atoms with Crippen LogP contribution in [-0.4, -0.2) is 0 Å². The molecule has 4 saturated carbocycles. The number of benzene rings is 6. The van der Waals surface area contributed by atoms with E-state index in [1.54, 1.807) is 22.3 Å². The van der Waals surface area contributed by atoms with Crippen LogP contribution in [0.4, 0.5) is 17.1 Å². The van der Waals surface area contributed by atoms with Crippen molar-refractivity contribution >= 4 is 17.1 Å². The van der Waals surface area contributed by atoms with Crippen LogP contribution in [0.15, 0.2) is 127 Å². The highest BCUT2D eigenvalue weighted by molar-refractivity contribution is 5.91. The Morgan fingerprint density at radius 2 is 1.03 bits per heavy atom. The molecule has 0 saturated heterocycles. The number of anilines is 3. The van der Waals surface area contributed by atoms with Gasteiger partial charge in [0.05, 0.1) is 0 Å². The molecule has 0 heterocycles. The van der Waals surface area contributed by atoms with Crippen molar-refractivity contribution in [1.29, 1.82) is 0 Å². The molecule has 7 unspecified atom stereocenters. The first-order valence-corrected chi connectivity index (χ1v) is 22.9. The standard InChI is InChI=1S/C57H55N/c1-4-37-28-35-12-11-13-39(29-35)57(37)51-19-10-7-16-45(51)48-27-24-42(33-54(48)57)58(40-22-25-46-43-14-5-8-17-49(43)55(2,3)52(46)31-40)41-23-26-47-44-15-6-9-18-50(44)56(53(47)32-41)34-36-20-21-38(56)30-36/h5-10,14-19,22-27,31-33,35-39H,4,11-13,20-21,28-30,34H2,1-3H3. The molecule has 6 aromatic rings. The lowest BCUT2D eigenvalue weighted by Gasteiger charge is -2.54. The molecule has 0 amide bonds. The quantitative estimate of drug-likeness (QED) is 0.173. The summed E-state index contributed by atoms with van der Waals surface area (Å²) in [5.41, 5.74) is 22.0. The molecule has 0 N–H and O–H groups in total. The van der Waals surface area contributed by atoms with Crippen molar-refractivity contribution in [2.24, 2.45) is 29.6 Å².